The van der Waals surface area contributed by atoms with Gasteiger partial charge in [0, 0.05) is 28.4 Å². The van der Waals surface area contributed by atoms with Crippen LogP contribution < -0.4 is 17.0 Å². The van der Waals surface area contributed by atoms with E-state index in [2.05, 4.69) is 60.4 Å². The maximum atomic E-state index is 13.1. The van der Waals surface area contributed by atoms with E-state index < -0.39 is 0 Å². The summed E-state index contributed by atoms with van der Waals surface area (Å²) in [6, 6.07) is 25.3. The van der Waals surface area contributed by atoms with Crippen LogP contribution in [0.5, 0.6) is 0 Å². The Kier molecular flexibility index (Phi) is 4.64. The lowest BCUT2D eigenvalue weighted by Crippen LogP contribution is -3.00. The summed E-state index contributed by atoms with van der Waals surface area (Å²) in [7, 11) is 0. The highest BCUT2D eigenvalue weighted by Gasteiger charge is 2.37. The molecule has 5 aromatic rings. The minimum Gasteiger partial charge on any atom is -1.00 e. The van der Waals surface area contributed by atoms with E-state index in [-0.39, 0.29) is 18.2 Å². The molecule has 3 nitrogen and oxygen atoms in total. The number of rotatable bonds is 3. The van der Waals surface area contributed by atoms with E-state index >= 15 is 0 Å². The third-order valence-electron chi connectivity index (χ3n) is 6.16. The molecule has 1 aliphatic heterocycles. The number of ketones is 1. The van der Waals surface area contributed by atoms with Crippen molar-refractivity contribution in [2.45, 2.75) is 19.8 Å². The highest BCUT2D eigenvalue weighted by Crippen LogP contribution is 2.33. The fourth-order valence-electron chi connectivity index (χ4n) is 4.68. The molecule has 1 N–H and O–H groups in total. The van der Waals surface area contributed by atoms with Gasteiger partial charge in [0.05, 0.1) is 0 Å². The maximum Gasteiger partial charge on any atom is 0.284 e. The molecule has 152 valence electrons. The Bertz CT molecular complexity index is 1460. The number of nitrogens with one attached hydrogen (secondary N) is 1. The first-order valence-electron chi connectivity index (χ1n) is 10.5. The third kappa shape index (κ3) is 2.88. The molecule has 0 amide bonds. The molecule has 0 radical (unpaired) electrons. The number of pyridine rings is 1. The number of hydrogen-bond acceptors (Lipinski definition) is 1. The minimum atomic E-state index is 0. The van der Waals surface area contributed by atoms with E-state index in [0.29, 0.717) is 0 Å². The van der Waals surface area contributed by atoms with Crippen LogP contribution in [0.4, 0.5) is 0 Å². The van der Waals surface area contributed by atoms with Crippen molar-refractivity contribution < 1.29 is 21.8 Å². The average Bonchev–Trinajstić information content (AvgIpc) is 3.30. The van der Waals surface area contributed by atoms with Crippen LogP contribution >= 0.6 is 0 Å². The molecule has 2 aromatic heterocycles. The Labute approximate surface area is 186 Å². The van der Waals surface area contributed by atoms with Crippen molar-refractivity contribution >= 4 is 27.6 Å². The van der Waals surface area contributed by atoms with Crippen molar-refractivity contribution in [3.63, 3.8) is 0 Å². The van der Waals surface area contributed by atoms with E-state index in [0.717, 1.165) is 51.6 Å². The topological polar surface area (TPSA) is 36.7 Å². The van der Waals surface area contributed by atoms with Crippen molar-refractivity contribution in [2.75, 3.05) is 0 Å². The van der Waals surface area contributed by atoms with Gasteiger partial charge >= 0.3 is 0 Å². The van der Waals surface area contributed by atoms with E-state index in [4.69, 9.17) is 0 Å². The highest BCUT2D eigenvalue weighted by molar-refractivity contribution is 6.20. The van der Waals surface area contributed by atoms with Crippen LogP contribution in [0.25, 0.3) is 38.6 Å². The molecule has 3 aromatic carbocycles. The summed E-state index contributed by atoms with van der Waals surface area (Å²) in [6.45, 7) is 2.21. The number of benzene rings is 3. The second kappa shape index (κ2) is 7.36. The largest absolute Gasteiger partial charge is 1.00 e. The monoisotopic (exact) mass is 424 g/mol. The van der Waals surface area contributed by atoms with Gasteiger partial charge in [0.1, 0.15) is 11.1 Å². The molecular formula is C27H21ClN2O. The number of halogens is 1. The normalized spacial score (nSPS) is 12.1. The van der Waals surface area contributed by atoms with E-state index in [1.165, 1.54) is 16.7 Å². The number of aryl methyl sites for hydroxylation is 1. The average molecular weight is 425 g/mol. The summed E-state index contributed by atoms with van der Waals surface area (Å²) in [5.41, 5.74) is 8.16. The van der Waals surface area contributed by atoms with Gasteiger partial charge < -0.3 is 17.4 Å². The molecular weight excluding hydrogens is 404 g/mol. The summed E-state index contributed by atoms with van der Waals surface area (Å²) >= 11 is 0. The predicted molar refractivity (Wildman–Crippen MR) is 120 cm³/mol. The number of hydrogen-bond donors (Lipinski definition) is 1. The van der Waals surface area contributed by atoms with Crippen molar-refractivity contribution in [3.8, 4) is 16.8 Å². The standard InChI is InChI=1S/C27H20N2O.ClH/c1-2-5-17-8-10-18(11-9-17)19-12-13-23-22(16-19)20-14-15-29-24-7-4-3-6-21(24)27(30)26(29)25(20)28-23;/h3-4,6-16H,2,5H2,1H3;1H. The van der Waals surface area contributed by atoms with Gasteiger partial charge in [-0.25, -0.2) is 0 Å². The molecule has 0 aliphatic carbocycles. The zero-order chi connectivity index (χ0) is 20.2. The summed E-state index contributed by atoms with van der Waals surface area (Å²) in [5, 5.41) is 2.23. The molecule has 0 atom stereocenters. The van der Waals surface area contributed by atoms with Crippen molar-refractivity contribution in [1.82, 2.24) is 4.98 Å². The summed E-state index contributed by atoms with van der Waals surface area (Å²) in [4.78, 5) is 16.6. The van der Waals surface area contributed by atoms with Gasteiger partial charge in [-0.15, -0.1) is 0 Å². The molecule has 6 rings (SSSR count). The first-order valence-corrected chi connectivity index (χ1v) is 10.5. The first-order chi connectivity index (χ1) is 14.7. The van der Waals surface area contributed by atoms with Crippen LogP contribution in [0.2, 0.25) is 0 Å². The first kappa shape index (κ1) is 19.5. The van der Waals surface area contributed by atoms with Gasteiger partial charge in [-0.05, 0) is 41.3 Å². The summed E-state index contributed by atoms with van der Waals surface area (Å²) < 4.78 is 2.00. The summed E-state index contributed by atoms with van der Waals surface area (Å²) in [6.07, 6.45) is 4.29. The molecule has 0 saturated carbocycles. The third-order valence-corrected chi connectivity index (χ3v) is 6.16. The molecule has 0 spiro atoms. The molecule has 0 saturated heterocycles. The second-order valence-electron chi connectivity index (χ2n) is 8.00. The SMILES string of the molecule is CCCc1ccc(-c2ccc3[nH]c4c5[n+](ccc4c3c2)-c2ccccc2C5=O)cc1.[Cl-]. The Balaban J connectivity index is 0.00000204. The Morgan fingerprint density at radius 1 is 0.871 bits per heavy atom. The number of para-hydroxylation sites is 1. The number of aromatic amines is 1. The highest BCUT2D eigenvalue weighted by atomic mass is 35.5. The van der Waals surface area contributed by atoms with Crippen LogP contribution in [0.15, 0.2) is 79.0 Å². The van der Waals surface area contributed by atoms with E-state index in [1.54, 1.807) is 0 Å². The van der Waals surface area contributed by atoms with Gasteiger partial charge in [0.15, 0.2) is 6.20 Å². The van der Waals surface area contributed by atoms with Gasteiger partial charge in [-0.3, -0.25) is 4.79 Å². The number of carbonyl (C=O) groups excluding carboxylic acids is 1. The van der Waals surface area contributed by atoms with Gasteiger partial charge in [0.25, 0.3) is 11.5 Å². The van der Waals surface area contributed by atoms with Crippen LogP contribution in [-0.2, 0) is 6.42 Å². The molecule has 1 aliphatic rings. The molecule has 0 fully saturated rings. The Morgan fingerprint density at radius 3 is 2.45 bits per heavy atom. The lowest BCUT2D eigenvalue weighted by Gasteiger charge is -2.04. The van der Waals surface area contributed by atoms with Gasteiger partial charge in [0.2, 0.25) is 5.69 Å². The van der Waals surface area contributed by atoms with Crippen molar-refractivity contribution in [2.24, 2.45) is 0 Å². The molecule has 4 heteroatoms. The number of aromatic nitrogens is 2. The van der Waals surface area contributed by atoms with Crippen molar-refractivity contribution in [1.29, 1.82) is 0 Å². The number of fused-ring (bicyclic) bond motifs is 7. The predicted octanol–water partition coefficient (Wildman–Crippen LogP) is 2.77. The van der Waals surface area contributed by atoms with E-state index in [1.807, 2.05) is 35.0 Å². The fourth-order valence-corrected chi connectivity index (χ4v) is 4.68. The summed E-state index contributed by atoms with van der Waals surface area (Å²) in [5.74, 6) is 0.0782. The zero-order valence-corrected chi connectivity index (χ0v) is 17.9. The van der Waals surface area contributed by atoms with Crippen LogP contribution in [0.3, 0.4) is 0 Å². The molecule has 31 heavy (non-hydrogen) atoms. The molecule has 0 unspecified atom stereocenters. The quantitative estimate of drug-likeness (QED) is 0.436. The number of carbonyl (C=O) groups is 1. The maximum absolute atomic E-state index is 13.1. The van der Waals surface area contributed by atoms with Crippen molar-refractivity contribution in [3.05, 3.63) is 95.8 Å². The van der Waals surface area contributed by atoms with Crippen LogP contribution in [0, 0.1) is 0 Å². The van der Waals surface area contributed by atoms with Gasteiger partial charge in [-0.2, -0.15) is 4.57 Å². The minimum absolute atomic E-state index is 0. The number of H-pyrrole nitrogens is 1. The zero-order valence-electron chi connectivity index (χ0n) is 17.2. The Hall–Kier alpha value is -3.43. The smallest absolute Gasteiger partial charge is 0.284 e. The van der Waals surface area contributed by atoms with Gasteiger partial charge in [-0.1, -0.05) is 55.8 Å². The number of nitrogens with zero attached hydrogens (tertiary/aromatic N) is 1. The van der Waals surface area contributed by atoms with Crippen LogP contribution in [-0.4, -0.2) is 10.8 Å². The lowest BCUT2D eigenvalue weighted by molar-refractivity contribution is -0.592. The second-order valence-corrected chi connectivity index (χ2v) is 8.00. The fraction of sp³-hybridized carbons (Fsp3) is 0.111. The van der Waals surface area contributed by atoms with Crippen LogP contribution in [0.1, 0.15) is 35.0 Å². The lowest BCUT2D eigenvalue weighted by atomic mass is 10.0. The van der Waals surface area contributed by atoms with E-state index in [9.17, 15) is 4.79 Å². The molecule has 3 heterocycles. The Morgan fingerprint density at radius 2 is 1.65 bits per heavy atom. The molecule has 0 bridgehead atoms.